The van der Waals surface area contributed by atoms with Crippen LogP contribution in [0.15, 0.2) is 77.7 Å². The van der Waals surface area contributed by atoms with E-state index in [9.17, 15) is 18.0 Å². The summed E-state index contributed by atoms with van der Waals surface area (Å²) < 4.78 is 28.4. The number of carbonyl (C=O) groups is 2. The Labute approximate surface area is 228 Å². The van der Waals surface area contributed by atoms with Crippen molar-refractivity contribution < 1.29 is 18.0 Å². The summed E-state index contributed by atoms with van der Waals surface area (Å²) in [5.41, 5.74) is 1.91. The third-order valence-corrected chi connectivity index (χ3v) is 8.38. The number of amides is 2. The summed E-state index contributed by atoms with van der Waals surface area (Å²) in [6, 6.07) is 19.0. The minimum absolute atomic E-state index is 0.00154. The summed E-state index contributed by atoms with van der Waals surface area (Å²) in [6.45, 7) is 5.26. The van der Waals surface area contributed by atoms with Crippen molar-refractivity contribution >= 4 is 50.7 Å². The van der Waals surface area contributed by atoms with Gasteiger partial charge in [-0.3, -0.25) is 13.9 Å². The first-order chi connectivity index (χ1) is 17.6. The van der Waals surface area contributed by atoms with E-state index in [1.165, 1.54) is 29.2 Å². The van der Waals surface area contributed by atoms with E-state index in [4.69, 9.17) is 23.2 Å². The molecule has 7 nitrogen and oxygen atoms in total. The van der Waals surface area contributed by atoms with E-state index in [2.05, 4.69) is 5.32 Å². The van der Waals surface area contributed by atoms with Crippen LogP contribution in [0.2, 0.25) is 10.0 Å². The molecule has 0 aliphatic carbocycles. The van der Waals surface area contributed by atoms with Gasteiger partial charge in [0, 0.05) is 13.1 Å². The maximum atomic E-state index is 13.8. The molecule has 0 saturated carbocycles. The molecule has 0 heterocycles. The molecule has 3 aromatic rings. The van der Waals surface area contributed by atoms with Crippen LogP contribution in [-0.2, 0) is 26.2 Å². The van der Waals surface area contributed by atoms with Crippen LogP contribution in [0.5, 0.6) is 0 Å². The van der Waals surface area contributed by atoms with E-state index < -0.39 is 28.5 Å². The molecule has 1 N–H and O–H groups in total. The lowest BCUT2D eigenvalue weighted by molar-refractivity contribution is -0.139. The van der Waals surface area contributed by atoms with E-state index in [0.29, 0.717) is 6.54 Å². The standard InChI is InChI=1S/C27H29Cl2N3O4S/c1-4-30-27(34)20(3)31(17-21-15-13-19(2)14-16-21)25(33)18-32(24-12-8-11-23(28)26(24)29)37(35,36)22-9-6-5-7-10-22/h5-16,20H,4,17-18H2,1-3H3,(H,30,34). The smallest absolute Gasteiger partial charge is 0.264 e. The number of benzene rings is 3. The average Bonchev–Trinajstić information content (AvgIpc) is 2.88. The van der Waals surface area contributed by atoms with Gasteiger partial charge in [-0.15, -0.1) is 0 Å². The molecular weight excluding hydrogens is 533 g/mol. The minimum atomic E-state index is -4.21. The summed E-state index contributed by atoms with van der Waals surface area (Å²) in [6.07, 6.45) is 0. The zero-order valence-electron chi connectivity index (χ0n) is 20.8. The summed E-state index contributed by atoms with van der Waals surface area (Å²) >= 11 is 12.6. The maximum absolute atomic E-state index is 13.8. The van der Waals surface area contributed by atoms with Crippen molar-refractivity contribution in [3.8, 4) is 0 Å². The molecular formula is C27H29Cl2N3O4S. The van der Waals surface area contributed by atoms with Gasteiger partial charge in [-0.1, -0.05) is 77.3 Å². The average molecular weight is 563 g/mol. The highest BCUT2D eigenvalue weighted by Crippen LogP contribution is 2.35. The van der Waals surface area contributed by atoms with Gasteiger partial charge < -0.3 is 10.2 Å². The first-order valence-corrected chi connectivity index (χ1v) is 13.9. The Morgan fingerprint density at radius 1 is 0.946 bits per heavy atom. The number of hydrogen-bond donors (Lipinski definition) is 1. The minimum Gasteiger partial charge on any atom is -0.355 e. The molecule has 37 heavy (non-hydrogen) atoms. The lowest BCUT2D eigenvalue weighted by Gasteiger charge is -2.32. The highest BCUT2D eigenvalue weighted by atomic mass is 35.5. The van der Waals surface area contributed by atoms with Crippen LogP contribution in [0.3, 0.4) is 0 Å². The Balaban J connectivity index is 2.06. The molecule has 0 saturated heterocycles. The predicted molar refractivity (Wildman–Crippen MR) is 147 cm³/mol. The highest BCUT2D eigenvalue weighted by molar-refractivity contribution is 7.92. The van der Waals surface area contributed by atoms with Crippen LogP contribution in [-0.4, -0.2) is 44.3 Å². The third kappa shape index (κ3) is 6.83. The Hall–Kier alpha value is -3.07. The second-order valence-corrected chi connectivity index (χ2v) is 11.1. The zero-order valence-corrected chi connectivity index (χ0v) is 23.1. The summed E-state index contributed by atoms with van der Waals surface area (Å²) in [5.74, 6) is -0.920. The van der Waals surface area contributed by atoms with Crippen molar-refractivity contribution in [2.24, 2.45) is 0 Å². The van der Waals surface area contributed by atoms with Gasteiger partial charge >= 0.3 is 0 Å². The second kappa shape index (κ2) is 12.4. The Morgan fingerprint density at radius 3 is 2.22 bits per heavy atom. The maximum Gasteiger partial charge on any atom is 0.264 e. The molecule has 0 fully saturated rings. The summed E-state index contributed by atoms with van der Waals surface area (Å²) in [7, 11) is -4.21. The topological polar surface area (TPSA) is 86.8 Å². The van der Waals surface area contributed by atoms with E-state index in [1.807, 2.05) is 31.2 Å². The molecule has 10 heteroatoms. The first-order valence-electron chi connectivity index (χ1n) is 11.7. The molecule has 0 aliphatic rings. The molecule has 1 atom stereocenters. The van der Waals surface area contributed by atoms with Crippen LogP contribution in [0, 0.1) is 6.92 Å². The van der Waals surface area contributed by atoms with Gasteiger partial charge in [0.05, 0.1) is 20.6 Å². The molecule has 1 unspecified atom stereocenters. The lowest BCUT2D eigenvalue weighted by Crippen LogP contribution is -2.51. The molecule has 0 aliphatic heterocycles. The quantitative estimate of drug-likeness (QED) is 0.375. The van der Waals surface area contributed by atoms with Crippen molar-refractivity contribution in [2.45, 2.75) is 38.3 Å². The van der Waals surface area contributed by atoms with Crippen molar-refractivity contribution in [1.82, 2.24) is 10.2 Å². The number of aryl methyl sites for hydroxylation is 1. The van der Waals surface area contributed by atoms with Gasteiger partial charge in [0.15, 0.2) is 0 Å². The number of halogens is 2. The highest BCUT2D eigenvalue weighted by Gasteiger charge is 2.33. The van der Waals surface area contributed by atoms with Gasteiger partial charge in [-0.2, -0.15) is 0 Å². The SMILES string of the molecule is CCNC(=O)C(C)N(Cc1ccc(C)cc1)C(=O)CN(c1cccc(Cl)c1Cl)S(=O)(=O)c1ccccc1. The lowest BCUT2D eigenvalue weighted by atomic mass is 10.1. The molecule has 3 aromatic carbocycles. The number of carbonyl (C=O) groups excluding carboxylic acids is 2. The number of rotatable bonds is 10. The number of hydrogen-bond acceptors (Lipinski definition) is 4. The summed E-state index contributed by atoms with van der Waals surface area (Å²) in [5, 5.41) is 2.87. The Kier molecular flexibility index (Phi) is 9.59. The normalized spacial score (nSPS) is 12.0. The second-order valence-electron chi connectivity index (χ2n) is 8.48. The van der Waals surface area contributed by atoms with Crippen LogP contribution in [0.1, 0.15) is 25.0 Å². The number of likely N-dealkylation sites (N-methyl/N-ethyl adjacent to an activating group) is 1. The fraction of sp³-hybridized carbons (Fsp3) is 0.259. The molecule has 3 rings (SSSR count). The molecule has 196 valence electrons. The van der Waals surface area contributed by atoms with Gasteiger partial charge in [-0.25, -0.2) is 8.42 Å². The van der Waals surface area contributed by atoms with Crippen molar-refractivity contribution in [1.29, 1.82) is 0 Å². The zero-order chi connectivity index (χ0) is 27.2. The monoisotopic (exact) mass is 561 g/mol. The van der Waals surface area contributed by atoms with Crippen LogP contribution in [0.25, 0.3) is 0 Å². The number of sulfonamides is 1. The molecule has 0 radical (unpaired) electrons. The summed E-state index contributed by atoms with van der Waals surface area (Å²) in [4.78, 5) is 27.9. The van der Waals surface area contributed by atoms with Crippen molar-refractivity contribution in [2.75, 3.05) is 17.4 Å². The van der Waals surface area contributed by atoms with Gasteiger partial charge in [-0.05, 0) is 50.6 Å². The molecule has 0 aromatic heterocycles. The van der Waals surface area contributed by atoms with E-state index in [-0.39, 0.29) is 33.1 Å². The largest absolute Gasteiger partial charge is 0.355 e. The number of anilines is 1. The third-order valence-electron chi connectivity index (χ3n) is 5.80. The number of nitrogens with one attached hydrogen (secondary N) is 1. The van der Waals surface area contributed by atoms with E-state index in [0.717, 1.165) is 15.4 Å². The van der Waals surface area contributed by atoms with Crippen LogP contribution >= 0.6 is 23.2 Å². The Bertz CT molecular complexity index is 1350. The van der Waals surface area contributed by atoms with Gasteiger partial charge in [0.2, 0.25) is 11.8 Å². The van der Waals surface area contributed by atoms with Crippen molar-refractivity contribution in [3.63, 3.8) is 0 Å². The van der Waals surface area contributed by atoms with Gasteiger partial charge in [0.1, 0.15) is 12.6 Å². The van der Waals surface area contributed by atoms with Crippen LogP contribution < -0.4 is 9.62 Å². The van der Waals surface area contributed by atoms with E-state index >= 15 is 0 Å². The molecule has 0 bridgehead atoms. The molecule has 2 amide bonds. The first kappa shape index (κ1) is 28.5. The fourth-order valence-corrected chi connectivity index (χ4v) is 5.61. The number of nitrogens with zero attached hydrogens (tertiary/aromatic N) is 2. The fourth-order valence-electron chi connectivity index (χ4n) is 3.71. The predicted octanol–water partition coefficient (Wildman–Crippen LogP) is 5.05. The Morgan fingerprint density at radius 2 is 1.59 bits per heavy atom. The van der Waals surface area contributed by atoms with Crippen LogP contribution in [0.4, 0.5) is 5.69 Å². The molecule has 0 spiro atoms. The van der Waals surface area contributed by atoms with E-state index in [1.54, 1.807) is 38.1 Å². The van der Waals surface area contributed by atoms with Gasteiger partial charge in [0.25, 0.3) is 10.0 Å². The van der Waals surface area contributed by atoms with Crippen molar-refractivity contribution in [3.05, 3.63) is 94.0 Å².